The van der Waals surface area contributed by atoms with Gasteiger partial charge >= 0.3 is 0 Å². The SMILES string of the molecule is NC1CC2COCC12. The first-order chi connectivity index (χ1) is 3.88. The molecule has 0 aromatic rings. The van der Waals surface area contributed by atoms with Crippen molar-refractivity contribution in [3.8, 4) is 0 Å². The van der Waals surface area contributed by atoms with Crippen molar-refractivity contribution in [2.75, 3.05) is 13.2 Å². The zero-order chi connectivity index (χ0) is 5.56. The van der Waals surface area contributed by atoms with E-state index >= 15 is 0 Å². The van der Waals surface area contributed by atoms with Crippen molar-refractivity contribution in [2.45, 2.75) is 12.5 Å². The number of rotatable bonds is 0. The molecule has 2 heteroatoms. The lowest BCUT2D eigenvalue weighted by Crippen LogP contribution is -2.46. The van der Waals surface area contributed by atoms with E-state index in [-0.39, 0.29) is 0 Å². The number of hydrogen-bond donors (Lipinski definition) is 1. The molecule has 8 heavy (non-hydrogen) atoms. The summed E-state index contributed by atoms with van der Waals surface area (Å²) in [6.07, 6.45) is 1.20. The number of ether oxygens (including phenoxy) is 1. The normalized spacial score (nSPS) is 52.9. The molecule has 2 rings (SSSR count). The Balaban J connectivity index is 2.02. The zero-order valence-corrected chi connectivity index (χ0v) is 4.84. The van der Waals surface area contributed by atoms with Crippen LogP contribution in [0.5, 0.6) is 0 Å². The number of hydrogen-bond acceptors (Lipinski definition) is 2. The fraction of sp³-hybridized carbons (Fsp3) is 1.00. The van der Waals surface area contributed by atoms with E-state index in [1.165, 1.54) is 6.42 Å². The second-order valence-corrected chi connectivity index (χ2v) is 2.86. The van der Waals surface area contributed by atoms with Crippen LogP contribution in [0, 0.1) is 11.8 Å². The van der Waals surface area contributed by atoms with Crippen LogP contribution in [0.1, 0.15) is 6.42 Å². The highest BCUT2D eigenvalue weighted by Crippen LogP contribution is 2.37. The third-order valence-electron chi connectivity index (χ3n) is 2.37. The van der Waals surface area contributed by atoms with Crippen molar-refractivity contribution in [1.29, 1.82) is 0 Å². The second-order valence-electron chi connectivity index (χ2n) is 2.86. The molecule has 0 aromatic heterocycles. The first-order valence-electron chi connectivity index (χ1n) is 3.21. The van der Waals surface area contributed by atoms with Crippen molar-refractivity contribution in [3.05, 3.63) is 0 Å². The second kappa shape index (κ2) is 1.45. The van der Waals surface area contributed by atoms with Crippen LogP contribution >= 0.6 is 0 Å². The average Bonchev–Trinajstić information content (AvgIpc) is 2.09. The van der Waals surface area contributed by atoms with Crippen molar-refractivity contribution in [3.63, 3.8) is 0 Å². The molecule has 2 fully saturated rings. The fourth-order valence-corrected chi connectivity index (χ4v) is 1.66. The van der Waals surface area contributed by atoms with E-state index in [0.29, 0.717) is 6.04 Å². The molecule has 2 nitrogen and oxygen atoms in total. The first-order valence-corrected chi connectivity index (χ1v) is 3.21. The molecular formula is C6H11NO. The van der Waals surface area contributed by atoms with Crippen LogP contribution in [0.2, 0.25) is 0 Å². The summed E-state index contributed by atoms with van der Waals surface area (Å²) in [5.74, 6) is 1.54. The third kappa shape index (κ3) is 0.446. The van der Waals surface area contributed by atoms with E-state index in [0.717, 1.165) is 25.0 Å². The van der Waals surface area contributed by atoms with Crippen molar-refractivity contribution < 1.29 is 4.74 Å². The van der Waals surface area contributed by atoms with E-state index < -0.39 is 0 Å². The van der Waals surface area contributed by atoms with Gasteiger partial charge in [-0.2, -0.15) is 0 Å². The van der Waals surface area contributed by atoms with Gasteiger partial charge in [0.15, 0.2) is 0 Å². The fourth-order valence-electron chi connectivity index (χ4n) is 1.66. The van der Waals surface area contributed by atoms with Gasteiger partial charge in [-0.05, 0) is 12.3 Å². The highest BCUT2D eigenvalue weighted by atomic mass is 16.5. The van der Waals surface area contributed by atoms with E-state index in [1.807, 2.05) is 0 Å². The molecule has 1 aliphatic carbocycles. The van der Waals surface area contributed by atoms with Crippen molar-refractivity contribution >= 4 is 0 Å². The standard InChI is InChI=1S/C6H11NO/c7-6-1-4-2-8-3-5(4)6/h4-6H,1-3,7H2. The van der Waals surface area contributed by atoms with Crippen LogP contribution in [-0.2, 0) is 4.74 Å². The zero-order valence-electron chi connectivity index (χ0n) is 4.84. The highest BCUT2D eigenvalue weighted by Gasteiger charge is 2.42. The summed E-state index contributed by atoms with van der Waals surface area (Å²) in [7, 11) is 0. The van der Waals surface area contributed by atoms with Gasteiger partial charge in [-0.25, -0.2) is 0 Å². The Bertz CT molecular complexity index is 105. The molecule has 0 radical (unpaired) electrons. The molecule has 3 unspecified atom stereocenters. The van der Waals surface area contributed by atoms with Crippen molar-refractivity contribution in [1.82, 2.24) is 0 Å². The maximum Gasteiger partial charge on any atom is 0.0512 e. The molecule has 1 aliphatic heterocycles. The Morgan fingerprint density at radius 1 is 1.38 bits per heavy atom. The largest absolute Gasteiger partial charge is 0.381 e. The summed E-state index contributed by atoms with van der Waals surface area (Å²) >= 11 is 0. The van der Waals surface area contributed by atoms with Gasteiger partial charge in [0.2, 0.25) is 0 Å². The predicted octanol–water partition coefficient (Wildman–Crippen LogP) is -0.0200. The van der Waals surface area contributed by atoms with Crippen LogP contribution in [0.4, 0.5) is 0 Å². The van der Waals surface area contributed by atoms with Crippen LogP contribution in [0.3, 0.4) is 0 Å². The van der Waals surface area contributed by atoms with Crippen LogP contribution < -0.4 is 5.73 Å². The number of nitrogens with two attached hydrogens (primary N) is 1. The van der Waals surface area contributed by atoms with E-state index in [9.17, 15) is 0 Å². The summed E-state index contributed by atoms with van der Waals surface area (Å²) in [5.41, 5.74) is 5.68. The monoisotopic (exact) mass is 113 g/mol. The van der Waals surface area contributed by atoms with Gasteiger partial charge in [0.1, 0.15) is 0 Å². The molecule has 1 saturated carbocycles. The molecule has 1 saturated heterocycles. The van der Waals surface area contributed by atoms with Gasteiger partial charge in [-0.15, -0.1) is 0 Å². The minimum absolute atomic E-state index is 0.461. The Hall–Kier alpha value is -0.0800. The lowest BCUT2D eigenvalue weighted by atomic mass is 9.72. The van der Waals surface area contributed by atoms with Crippen molar-refractivity contribution in [2.24, 2.45) is 17.6 Å². The molecule has 3 atom stereocenters. The highest BCUT2D eigenvalue weighted by molar-refractivity contribution is 4.94. The molecule has 46 valence electrons. The Morgan fingerprint density at radius 3 is 2.75 bits per heavy atom. The Morgan fingerprint density at radius 2 is 2.25 bits per heavy atom. The lowest BCUT2D eigenvalue weighted by Gasteiger charge is -2.35. The lowest BCUT2D eigenvalue weighted by molar-refractivity contribution is 0.185. The molecule has 2 aliphatic rings. The minimum atomic E-state index is 0.461. The summed E-state index contributed by atoms with van der Waals surface area (Å²) < 4.78 is 5.22. The molecule has 2 N–H and O–H groups in total. The van der Waals surface area contributed by atoms with Crippen LogP contribution in [0.25, 0.3) is 0 Å². The maximum atomic E-state index is 5.68. The Labute approximate surface area is 49.0 Å². The summed E-state index contributed by atoms with van der Waals surface area (Å²) in [6, 6.07) is 0.461. The smallest absolute Gasteiger partial charge is 0.0512 e. The van der Waals surface area contributed by atoms with E-state index in [2.05, 4.69) is 0 Å². The summed E-state index contributed by atoms with van der Waals surface area (Å²) in [5, 5.41) is 0. The minimum Gasteiger partial charge on any atom is -0.381 e. The molecule has 0 spiro atoms. The molecule has 1 heterocycles. The first kappa shape index (κ1) is 4.77. The molecule has 0 aromatic carbocycles. The Kier molecular flexibility index (Phi) is 0.866. The van der Waals surface area contributed by atoms with Crippen LogP contribution in [0.15, 0.2) is 0 Å². The topological polar surface area (TPSA) is 35.2 Å². The van der Waals surface area contributed by atoms with Gasteiger partial charge in [0.25, 0.3) is 0 Å². The average molecular weight is 113 g/mol. The number of fused-ring (bicyclic) bond motifs is 1. The third-order valence-corrected chi connectivity index (χ3v) is 2.37. The quantitative estimate of drug-likeness (QED) is 0.479. The van der Waals surface area contributed by atoms with Gasteiger partial charge < -0.3 is 10.5 Å². The summed E-state index contributed by atoms with van der Waals surface area (Å²) in [6.45, 7) is 1.89. The van der Waals surface area contributed by atoms with E-state index in [1.54, 1.807) is 0 Å². The van der Waals surface area contributed by atoms with Gasteiger partial charge in [-0.3, -0.25) is 0 Å². The maximum absolute atomic E-state index is 5.68. The van der Waals surface area contributed by atoms with Gasteiger partial charge in [0, 0.05) is 18.6 Å². The van der Waals surface area contributed by atoms with Crippen LogP contribution in [-0.4, -0.2) is 19.3 Å². The molecule has 0 amide bonds. The molecule has 0 bridgehead atoms. The van der Waals surface area contributed by atoms with Gasteiger partial charge in [-0.1, -0.05) is 0 Å². The predicted molar refractivity (Wildman–Crippen MR) is 30.4 cm³/mol. The van der Waals surface area contributed by atoms with Gasteiger partial charge in [0.05, 0.1) is 6.61 Å². The summed E-state index contributed by atoms with van der Waals surface area (Å²) in [4.78, 5) is 0. The van der Waals surface area contributed by atoms with E-state index in [4.69, 9.17) is 10.5 Å². The molecular weight excluding hydrogens is 102 g/mol.